The molecule has 2 rings (SSSR count). The first-order valence-electron chi connectivity index (χ1n) is 9.38. The fourth-order valence-corrected chi connectivity index (χ4v) is 3.42. The van der Waals surface area contributed by atoms with Crippen molar-refractivity contribution in [3.63, 3.8) is 0 Å². The molecule has 0 aromatic heterocycles. The van der Waals surface area contributed by atoms with E-state index >= 15 is 0 Å². The minimum atomic E-state index is -0.306. The molecule has 7 heteroatoms. The van der Waals surface area contributed by atoms with E-state index in [9.17, 15) is 14.4 Å². The standard InChI is InChI=1S/C20H29N3O4/c1-5-27-20(26)22-11-9-17(10-12-22)21-18(25)13-23(16(4)24)19-14(2)7-6-8-15(19)3/h6-8,17H,5,9-13H2,1-4H3,(H,21,25). The molecule has 148 valence electrons. The third kappa shape index (κ3) is 5.45. The Labute approximate surface area is 160 Å². The second-order valence-electron chi connectivity index (χ2n) is 6.87. The van der Waals surface area contributed by atoms with Gasteiger partial charge >= 0.3 is 6.09 Å². The molecule has 1 fully saturated rings. The van der Waals surface area contributed by atoms with Gasteiger partial charge in [0.2, 0.25) is 11.8 Å². The molecule has 1 aromatic rings. The van der Waals surface area contributed by atoms with Crippen LogP contribution < -0.4 is 10.2 Å². The third-order valence-corrected chi connectivity index (χ3v) is 4.78. The number of likely N-dealkylation sites (tertiary alicyclic amines) is 1. The summed E-state index contributed by atoms with van der Waals surface area (Å²) in [5.41, 5.74) is 2.71. The van der Waals surface area contributed by atoms with Gasteiger partial charge in [0.25, 0.3) is 0 Å². The topological polar surface area (TPSA) is 79.0 Å². The van der Waals surface area contributed by atoms with Crippen LogP contribution in [0.25, 0.3) is 0 Å². The number of hydrogen-bond donors (Lipinski definition) is 1. The summed E-state index contributed by atoms with van der Waals surface area (Å²) in [6, 6.07) is 5.79. The average molecular weight is 375 g/mol. The maximum atomic E-state index is 12.5. The van der Waals surface area contributed by atoms with Gasteiger partial charge in [-0.25, -0.2) is 4.79 Å². The molecule has 0 spiro atoms. The van der Waals surface area contributed by atoms with Crippen molar-refractivity contribution >= 4 is 23.6 Å². The highest BCUT2D eigenvalue weighted by Gasteiger charge is 2.26. The summed E-state index contributed by atoms with van der Waals surface area (Å²) in [6.07, 6.45) is 1.04. The summed E-state index contributed by atoms with van der Waals surface area (Å²) >= 11 is 0. The SMILES string of the molecule is CCOC(=O)N1CCC(NC(=O)CN(C(C)=O)c2c(C)cccc2C)CC1. The highest BCUT2D eigenvalue weighted by molar-refractivity contribution is 5.98. The number of piperidine rings is 1. The molecular formula is C20H29N3O4. The van der Waals surface area contributed by atoms with Gasteiger partial charge in [-0.3, -0.25) is 9.59 Å². The van der Waals surface area contributed by atoms with Crippen molar-refractivity contribution in [2.24, 2.45) is 0 Å². The van der Waals surface area contributed by atoms with Crippen LogP contribution in [-0.2, 0) is 14.3 Å². The average Bonchev–Trinajstić information content (AvgIpc) is 2.61. The lowest BCUT2D eigenvalue weighted by Crippen LogP contribution is -2.49. The number of carbonyl (C=O) groups excluding carboxylic acids is 3. The number of amides is 3. The van der Waals surface area contributed by atoms with Crippen molar-refractivity contribution in [2.45, 2.75) is 46.6 Å². The van der Waals surface area contributed by atoms with E-state index < -0.39 is 0 Å². The summed E-state index contributed by atoms with van der Waals surface area (Å²) in [5, 5.41) is 2.99. The lowest BCUT2D eigenvalue weighted by Gasteiger charge is -2.32. The summed E-state index contributed by atoms with van der Waals surface area (Å²) in [4.78, 5) is 39.6. The van der Waals surface area contributed by atoms with E-state index in [0.29, 0.717) is 32.5 Å². The Balaban J connectivity index is 1.94. The van der Waals surface area contributed by atoms with E-state index in [1.807, 2.05) is 32.0 Å². The van der Waals surface area contributed by atoms with Gasteiger partial charge in [-0.1, -0.05) is 18.2 Å². The zero-order chi connectivity index (χ0) is 20.0. The molecule has 0 atom stereocenters. The fraction of sp³-hybridized carbons (Fsp3) is 0.550. The number of hydrogen-bond acceptors (Lipinski definition) is 4. The van der Waals surface area contributed by atoms with Gasteiger partial charge in [-0.05, 0) is 44.7 Å². The molecule has 1 aromatic carbocycles. The van der Waals surface area contributed by atoms with E-state index in [4.69, 9.17) is 4.74 Å². The molecule has 0 unspecified atom stereocenters. The van der Waals surface area contributed by atoms with E-state index in [0.717, 1.165) is 16.8 Å². The largest absolute Gasteiger partial charge is 0.450 e. The molecule has 0 aliphatic carbocycles. The molecule has 1 aliphatic heterocycles. The van der Waals surface area contributed by atoms with Crippen molar-refractivity contribution in [2.75, 3.05) is 31.1 Å². The van der Waals surface area contributed by atoms with E-state index in [1.54, 1.807) is 11.8 Å². The third-order valence-electron chi connectivity index (χ3n) is 4.78. The molecule has 0 radical (unpaired) electrons. The monoisotopic (exact) mass is 375 g/mol. The smallest absolute Gasteiger partial charge is 0.409 e. The first-order valence-corrected chi connectivity index (χ1v) is 9.38. The number of carbonyl (C=O) groups is 3. The zero-order valence-corrected chi connectivity index (χ0v) is 16.6. The van der Waals surface area contributed by atoms with Crippen LogP contribution in [-0.4, -0.2) is 55.1 Å². The molecule has 1 aliphatic rings. The Hall–Kier alpha value is -2.57. The Morgan fingerprint density at radius 2 is 1.78 bits per heavy atom. The predicted molar refractivity (Wildman–Crippen MR) is 104 cm³/mol. The molecule has 7 nitrogen and oxygen atoms in total. The van der Waals surface area contributed by atoms with Crippen LogP contribution in [0.15, 0.2) is 18.2 Å². The Morgan fingerprint density at radius 1 is 1.19 bits per heavy atom. The van der Waals surface area contributed by atoms with Gasteiger partial charge in [0.1, 0.15) is 6.54 Å². The van der Waals surface area contributed by atoms with Crippen LogP contribution >= 0.6 is 0 Å². The highest BCUT2D eigenvalue weighted by atomic mass is 16.6. The van der Waals surface area contributed by atoms with Gasteiger partial charge in [-0.15, -0.1) is 0 Å². The maximum Gasteiger partial charge on any atom is 0.409 e. The number of ether oxygens (including phenoxy) is 1. The highest BCUT2D eigenvalue weighted by Crippen LogP contribution is 2.24. The molecule has 27 heavy (non-hydrogen) atoms. The zero-order valence-electron chi connectivity index (χ0n) is 16.6. The van der Waals surface area contributed by atoms with Gasteiger partial charge in [0.15, 0.2) is 0 Å². The molecule has 1 heterocycles. The first-order chi connectivity index (χ1) is 12.8. The number of nitrogens with zero attached hydrogens (tertiary/aromatic N) is 2. The van der Waals surface area contributed by atoms with Crippen LogP contribution in [0.2, 0.25) is 0 Å². The predicted octanol–water partition coefficient (Wildman–Crippen LogP) is 2.39. The fourth-order valence-electron chi connectivity index (χ4n) is 3.42. The van der Waals surface area contributed by atoms with Gasteiger partial charge in [-0.2, -0.15) is 0 Å². The summed E-state index contributed by atoms with van der Waals surface area (Å²) in [6.45, 7) is 8.56. The van der Waals surface area contributed by atoms with Crippen molar-refractivity contribution in [3.8, 4) is 0 Å². The van der Waals surface area contributed by atoms with Gasteiger partial charge in [0, 0.05) is 26.1 Å². The number of nitrogens with one attached hydrogen (secondary N) is 1. The number of benzene rings is 1. The normalized spacial score (nSPS) is 14.6. The summed E-state index contributed by atoms with van der Waals surface area (Å²) in [5.74, 6) is -0.359. The number of anilines is 1. The maximum absolute atomic E-state index is 12.5. The van der Waals surface area contributed by atoms with E-state index in [1.165, 1.54) is 11.8 Å². The Bertz CT molecular complexity index is 676. The quantitative estimate of drug-likeness (QED) is 0.857. The van der Waals surface area contributed by atoms with Crippen molar-refractivity contribution in [3.05, 3.63) is 29.3 Å². The minimum absolute atomic E-state index is 0.00467. The lowest BCUT2D eigenvalue weighted by atomic mass is 10.1. The second kappa shape index (κ2) is 9.39. The van der Waals surface area contributed by atoms with Crippen LogP contribution in [0.5, 0.6) is 0 Å². The number of rotatable bonds is 5. The Morgan fingerprint density at radius 3 is 2.30 bits per heavy atom. The Kier molecular flexibility index (Phi) is 7.21. The molecule has 1 saturated heterocycles. The van der Waals surface area contributed by atoms with Crippen LogP contribution in [0.1, 0.15) is 37.8 Å². The van der Waals surface area contributed by atoms with Gasteiger partial charge in [0.05, 0.1) is 12.3 Å². The number of para-hydroxylation sites is 1. The van der Waals surface area contributed by atoms with Gasteiger partial charge < -0.3 is 19.9 Å². The van der Waals surface area contributed by atoms with Crippen LogP contribution in [0.4, 0.5) is 10.5 Å². The van der Waals surface area contributed by atoms with Crippen molar-refractivity contribution in [1.29, 1.82) is 0 Å². The molecule has 1 N–H and O–H groups in total. The number of aryl methyl sites for hydroxylation is 2. The van der Waals surface area contributed by atoms with E-state index in [-0.39, 0.29) is 30.5 Å². The summed E-state index contributed by atoms with van der Waals surface area (Å²) < 4.78 is 5.00. The van der Waals surface area contributed by atoms with Crippen LogP contribution in [0, 0.1) is 13.8 Å². The lowest BCUT2D eigenvalue weighted by molar-refractivity contribution is -0.123. The summed E-state index contributed by atoms with van der Waals surface area (Å²) in [7, 11) is 0. The molecule has 0 saturated carbocycles. The first kappa shape index (κ1) is 20.7. The minimum Gasteiger partial charge on any atom is -0.450 e. The van der Waals surface area contributed by atoms with Crippen LogP contribution in [0.3, 0.4) is 0 Å². The van der Waals surface area contributed by atoms with Crippen molar-refractivity contribution < 1.29 is 19.1 Å². The molecular weight excluding hydrogens is 346 g/mol. The molecule has 3 amide bonds. The molecule has 0 bridgehead atoms. The van der Waals surface area contributed by atoms with Crippen molar-refractivity contribution in [1.82, 2.24) is 10.2 Å². The second-order valence-corrected chi connectivity index (χ2v) is 6.87. The van der Waals surface area contributed by atoms with E-state index in [2.05, 4.69) is 5.32 Å².